The van der Waals surface area contributed by atoms with Crippen molar-refractivity contribution in [3.8, 4) is 0 Å². The van der Waals surface area contributed by atoms with Crippen molar-refractivity contribution in [2.75, 3.05) is 12.0 Å². The fourth-order valence-electron chi connectivity index (χ4n) is 2.58. The first-order valence-electron chi connectivity index (χ1n) is 7.33. The van der Waals surface area contributed by atoms with Gasteiger partial charge in [-0.1, -0.05) is 19.3 Å². The van der Waals surface area contributed by atoms with Gasteiger partial charge in [0.1, 0.15) is 0 Å². The van der Waals surface area contributed by atoms with E-state index in [1.807, 2.05) is 13.2 Å². The maximum absolute atomic E-state index is 11.9. The molecule has 1 aliphatic rings. The monoisotopic (exact) mass is 302 g/mol. The van der Waals surface area contributed by atoms with Crippen LogP contribution in [0.2, 0.25) is 0 Å². The standard InChI is InChI=1S/C14H26N2O3S/c1-10(8-9-20-2)15-14(19)16-12-7-5-3-4-6-11(12)13(17)18/h10-12H,3-9H2,1-2H3,(H,17,18)(H2,15,16,19). The summed E-state index contributed by atoms with van der Waals surface area (Å²) in [4.78, 5) is 23.2. The number of urea groups is 1. The molecule has 1 saturated carbocycles. The number of carboxylic acid groups (broad SMARTS) is 1. The van der Waals surface area contributed by atoms with Gasteiger partial charge < -0.3 is 15.7 Å². The number of nitrogens with one attached hydrogen (secondary N) is 2. The summed E-state index contributed by atoms with van der Waals surface area (Å²) in [6, 6.07) is -0.379. The van der Waals surface area contributed by atoms with Gasteiger partial charge >= 0.3 is 12.0 Å². The fraction of sp³-hybridized carbons (Fsp3) is 0.857. The Hall–Kier alpha value is -0.910. The lowest BCUT2D eigenvalue weighted by Gasteiger charge is -2.24. The van der Waals surface area contributed by atoms with Gasteiger partial charge in [0.15, 0.2) is 0 Å². The van der Waals surface area contributed by atoms with E-state index in [1.165, 1.54) is 0 Å². The second-order valence-electron chi connectivity index (χ2n) is 5.49. The molecule has 0 bridgehead atoms. The average molecular weight is 302 g/mol. The summed E-state index contributed by atoms with van der Waals surface area (Å²) in [5.41, 5.74) is 0. The topological polar surface area (TPSA) is 78.4 Å². The number of carbonyl (C=O) groups is 2. The lowest BCUT2D eigenvalue weighted by atomic mass is 9.95. The molecule has 0 saturated heterocycles. The molecule has 1 aliphatic carbocycles. The maximum atomic E-state index is 11.9. The van der Waals surface area contributed by atoms with Crippen LogP contribution >= 0.6 is 11.8 Å². The van der Waals surface area contributed by atoms with E-state index < -0.39 is 11.9 Å². The first kappa shape index (κ1) is 17.1. The molecular weight excluding hydrogens is 276 g/mol. The molecule has 20 heavy (non-hydrogen) atoms. The van der Waals surface area contributed by atoms with E-state index in [0.717, 1.165) is 37.9 Å². The molecule has 6 heteroatoms. The molecule has 2 amide bonds. The largest absolute Gasteiger partial charge is 0.481 e. The zero-order valence-electron chi connectivity index (χ0n) is 12.4. The number of thioether (sulfide) groups is 1. The van der Waals surface area contributed by atoms with Crippen LogP contribution in [0.15, 0.2) is 0 Å². The third kappa shape index (κ3) is 6.03. The predicted octanol–water partition coefficient (Wildman–Crippen LogP) is 2.46. The predicted molar refractivity (Wildman–Crippen MR) is 82.1 cm³/mol. The fourth-order valence-corrected chi connectivity index (χ4v) is 3.17. The first-order chi connectivity index (χ1) is 9.54. The number of rotatable bonds is 6. The van der Waals surface area contributed by atoms with E-state index in [-0.39, 0.29) is 18.1 Å². The van der Waals surface area contributed by atoms with Crippen LogP contribution in [-0.2, 0) is 4.79 Å². The maximum Gasteiger partial charge on any atom is 0.315 e. The Morgan fingerprint density at radius 3 is 2.65 bits per heavy atom. The van der Waals surface area contributed by atoms with E-state index in [0.29, 0.717) is 6.42 Å². The molecule has 0 aromatic heterocycles. The van der Waals surface area contributed by atoms with Gasteiger partial charge in [-0.15, -0.1) is 0 Å². The third-order valence-electron chi connectivity index (χ3n) is 3.78. The molecule has 0 aromatic carbocycles. The summed E-state index contributed by atoms with van der Waals surface area (Å²) >= 11 is 1.75. The Kier molecular flexibility index (Phi) is 7.80. The Labute approximate surface area is 125 Å². The molecule has 0 heterocycles. The van der Waals surface area contributed by atoms with Crippen LogP contribution in [0.1, 0.15) is 45.4 Å². The van der Waals surface area contributed by atoms with Gasteiger partial charge in [0.25, 0.3) is 0 Å². The van der Waals surface area contributed by atoms with Crippen molar-refractivity contribution < 1.29 is 14.7 Å². The molecule has 0 radical (unpaired) electrons. The van der Waals surface area contributed by atoms with Gasteiger partial charge in [-0.3, -0.25) is 4.79 Å². The summed E-state index contributed by atoms with van der Waals surface area (Å²) in [5.74, 6) is -0.250. The molecule has 0 spiro atoms. The highest BCUT2D eigenvalue weighted by molar-refractivity contribution is 7.98. The van der Waals surface area contributed by atoms with Crippen LogP contribution < -0.4 is 10.6 Å². The SMILES string of the molecule is CSCCC(C)NC(=O)NC1CCCCCC1C(=O)O. The minimum Gasteiger partial charge on any atom is -0.481 e. The lowest BCUT2D eigenvalue weighted by molar-refractivity contribution is -0.142. The Morgan fingerprint density at radius 1 is 1.30 bits per heavy atom. The summed E-state index contributed by atoms with van der Waals surface area (Å²) in [7, 11) is 0. The van der Waals surface area contributed by atoms with E-state index in [1.54, 1.807) is 11.8 Å². The minimum absolute atomic E-state index is 0.108. The Balaban J connectivity index is 2.46. The summed E-state index contributed by atoms with van der Waals surface area (Å²) in [6.07, 6.45) is 7.33. The highest BCUT2D eigenvalue weighted by atomic mass is 32.2. The normalized spacial score (nSPS) is 24.5. The van der Waals surface area contributed by atoms with Crippen molar-refractivity contribution in [1.29, 1.82) is 0 Å². The van der Waals surface area contributed by atoms with Crippen LogP contribution in [-0.4, -0.2) is 41.2 Å². The number of carbonyl (C=O) groups excluding carboxylic acids is 1. The van der Waals surface area contributed by atoms with Gasteiger partial charge in [-0.2, -0.15) is 11.8 Å². The molecule has 3 unspecified atom stereocenters. The molecule has 1 rings (SSSR count). The zero-order chi connectivity index (χ0) is 15.0. The van der Waals surface area contributed by atoms with Crippen LogP contribution in [0.25, 0.3) is 0 Å². The smallest absolute Gasteiger partial charge is 0.315 e. The van der Waals surface area contributed by atoms with E-state index in [2.05, 4.69) is 10.6 Å². The number of aliphatic carboxylic acids is 1. The van der Waals surface area contributed by atoms with Crippen molar-refractivity contribution in [2.24, 2.45) is 5.92 Å². The van der Waals surface area contributed by atoms with Gasteiger partial charge in [-0.25, -0.2) is 4.79 Å². The molecule has 5 nitrogen and oxygen atoms in total. The number of hydrogen-bond acceptors (Lipinski definition) is 3. The number of amides is 2. The van der Waals surface area contributed by atoms with Gasteiger partial charge in [0.05, 0.1) is 5.92 Å². The quantitative estimate of drug-likeness (QED) is 0.659. The van der Waals surface area contributed by atoms with Crippen molar-refractivity contribution >= 4 is 23.8 Å². The molecular formula is C14H26N2O3S. The molecule has 0 aliphatic heterocycles. The minimum atomic E-state index is -0.798. The first-order valence-corrected chi connectivity index (χ1v) is 8.72. The number of carboxylic acids is 1. The van der Waals surface area contributed by atoms with Gasteiger partial charge in [0.2, 0.25) is 0 Å². The molecule has 0 aromatic rings. The highest BCUT2D eigenvalue weighted by Crippen LogP contribution is 2.23. The van der Waals surface area contributed by atoms with Crippen molar-refractivity contribution in [3.05, 3.63) is 0 Å². The lowest BCUT2D eigenvalue weighted by Crippen LogP contribution is -2.49. The molecule has 3 atom stereocenters. The Morgan fingerprint density at radius 2 is 2.00 bits per heavy atom. The van der Waals surface area contributed by atoms with Gasteiger partial charge in [-0.05, 0) is 38.2 Å². The summed E-state index contributed by atoms with van der Waals surface area (Å²) in [6.45, 7) is 1.97. The van der Waals surface area contributed by atoms with E-state index >= 15 is 0 Å². The van der Waals surface area contributed by atoms with Gasteiger partial charge in [0, 0.05) is 12.1 Å². The number of hydrogen-bond donors (Lipinski definition) is 3. The third-order valence-corrected chi connectivity index (χ3v) is 4.43. The highest BCUT2D eigenvalue weighted by Gasteiger charge is 2.30. The van der Waals surface area contributed by atoms with Crippen LogP contribution in [0.5, 0.6) is 0 Å². The second kappa shape index (κ2) is 9.10. The molecule has 1 fully saturated rings. The molecule has 3 N–H and O–H groups in total. The van der Waals surface area contributed by atoms with Crippen LogP contribution in [0, 0.1) is 5.92 Å². The van der Waals surface area contributed by atoms with Crippen molar-refractivity contribution in [3.63, 3.8) is 0 Å². The zero-order valence-corrected chi connectivity index (χ0v) is 13.2. The Bertz CT molecular complexity index is 326. The van der Waals surface area contributed by atoms with E-state index in [4.69, 9.17) is 0 Å². The van der Waals surface area contributed by atoms with Crippen LogP contribution in [0.4, 0.5) is 4.79 Å². The second-order valence-corrected chi connectivity index (χ2v) is 6.48. The summed E-state index contributed by atoms with van der Waals surface area (Å²) < 4.78 is 0. The van der Waals surface area contributed by atoms with Crippen molar-refractivity contribution in [1.82, 2.24) is 10.6 Å². The van der Waals surface area contributed by atoms with Crippen molar-refractivity contribution in [2.45, 2.75) is 57.5 Å². The average Bonchev–Trinajstić information content (AvgIpc) is 2.61. The van der Waals surface area contributed by atoms with Crippen LogP contribution in [0.3, 0.4) is 0 Å². The summed E-state index contributed by atoms with van der Waals surface area (Å²) in [5, 5.41) is 15.0. The molecule has 116 valence electrons. The van der Waals surface area contributed by atoms with E-state index in [9.17, 15) is 14.7 Å².